The van der Waals surface area contributed by atoms with Gasteiger partial charge in [0.25, 0.3) is 0 Å². The highest BCUT2D eigenvalue weighted by atomic mass is 19.1. The average molecular weight is 360 g/mol. The van der Waals surface area contributed by atoms with E-state index in [4.69, 9.17) is 0 Å². The van der Waals surface area contributed by atoms with Crippen LogP contribution >= 0.6 is 0 Å². The van der Waals surface area contributed by atoms with E-state index in [0.717, 1.165) is 15.2 Å². The average Bonchev–Trinajstić information content (AvgIpc) is 2.59. The number of hydrogen-bond acceptors (Lipinski definition) is 4. The van der Waals surface area contributed by atoms with Gasteiger partial charge in [0.15, 0.2) is 0 Å². The molecular formula is C17H17FN4O4. The summed E-state index contributed by atoms with van der Waals surface area (Å²) in [5.41, 5.74) is -2.51. The summed E-state index contributed by atoms with van der Waals surface area (Å²) in [6.45, 7) is 6.04. The first-order valence-electron chi connectivity index (χ1n) is 7.60. The smallest absolute Gasteiger partial charge is 0.324 e. The Kier molecular flexibility index (Phi) is 5.84. The van der Waals surface area contributed by atoms with E-state index >= 15 is 0 Å². The molecule has 1 heterocycles. The number of nitrogens with one attached hydrogen (secondary N) is 1. The van der Waals surface area contributed by atoms with Crippen LogP contribution in [-0.4, -0.2) is 19.6 Å². The van der Waals surface area contributed by atoms with Crippen LogP contribution < -0.4 is 22.4 Å². The molecule has 9 heteroatoms. The fraction of sp³-hybridized carbons (Fsp3) is 0.176. The van der Waals surface area contributed by atoms with E-state index in [1.165, 1.54) is 30.4 Å². The fourth-order valence-electron chi connectivity index (χ4n) is 2.30. The van der Waals surface area contributed by atoms with Gasteiger partial charge in [0.1, 0.15) is 12.4 Å². The van der Waals surface area contributed by atoms with Gasteiger partial charge in [-0.3, -0.25) is 4.79 Å². The molecule has 0 saturated heterocycles. The molecule has 0 aliphatic carbocycles. The maximum atomic E-state index is 13.2. The summed E-state index contributed by atoms with van der Waals surface area (Å²) in [4.78, 5) is 49.2. The van der Waals surface area contributed by atoms with E-state index in [-0.39, 0.29) is 18.8 Å². The number of halogens is 1. The van der Waals surface area contributed by atoms with Gasteiger partial charge < -0.3 is 5.32 Å². The highest BCUT2D eigenvalue weighted by Gasteiger charge is 2.16. The Hall–Kier alpha value is -3.49. The van der Waals surface area contributed by atoms with Crippen molar-refractivity contribution in [2.75, 3.05) is 5.32 Å². The first-order valence-corrected chi connectivity index (χ1v) is 7.60. The molecule has 0 aliphatic rings. The lowest BCUT2D eigenvalue weighted by molar-refractivity contribution is -0.116. The van der Waals surface area contributed by atoms with Crippen molar-refractivity contribution in [3.8, 4) is 0 Å². The molecule has 1 N–H and O–H groups in total. The number of aromatic nitrogens is 3. The van der Waals surface area contributed by atoms with Gasteiger partial charge in [-0.25, -0.2) is 32.5 Å². The highest BCUT2D eigenvalue weighted by molar-refractivity contribution is 5.90. The first kappa shape index (κ1) is 18.8. The number of benzene rings is 1. The van der Waals surface area contributed by atoms with Crippen molar-refractivity contribution < 1.29 is 9.18 Å². The quantitative estimate of drug-likeness (QED) is 0.720. The van der Waals surface area contributed by atoms with Gasteiger partial charge >= 0.3 is 17.1 Å². The molecule has 1 aromatic heterocycles. The molecule has 8 nitrogen and oxygen atoms in total. The zero-order valence-electron chi connectivity index (χ0n) is 13.9. The molecule has 0 saturated carbocycles. The fourth-order valence-corrected chi connectivity index (χ4v) is 2.30. The second-order valence-corrected chi connectivity index (χ2v) is 5.29. The van der Waals surface area contributed by atoms with Gasteiger partial charge in [0.2, 0.25) is 5.91 Å². The van der Waals surface area contributed by atoms with Gasteiger partial charge in [0, 0.05) is 5.69 Å². The molecule has 0 fully saturated rings. The van der Waals surface area contributed by atoms with E-state index < -0.39 is 35.3 Å². The Morgan fingerprint density at radius 3 is 2.04 bits per heavy atom. The standard InChI is InChI=1S/C17H17FN4O4/c1-3-8-20-15(24)21(9-4-2)17(26)22(16(20)25)11-14(23)19-13-7-5-6-12(18)10-13/h3-7,10H,1-2,8-9,11H2,(H,19,23). The summed E-state index contributed by atoms with van der Waals surface area (Å²) >= 11 is 0. The van der Waals surface area contributed by atoms with Crippen molar-refractivity contribution in [2.24, 2.45) is 0 Å². The zero-order valence-corrected chi connectivity index (χ0v) is 13.9. The van der Waals surface area contributed by atoms with Crippen molar-refractivity contribution >= 4 is 11.6 Å². The van der Waals surface area contributed by atoms with Gasteiger partial charge in [0.05, 0.1) is 13.1 Å². The van der Waals surface area contributed by atoms with Crippen molar-refractivity contribution in [3.63, 3.8) is 0 Å². The third-order valence-corrected chi connectivity index (χ3v) is 3.42. The van der Waals surface area contributed by atoms with E-state index in [0.29, 0.717) is 4.57 Å². The van der Waals surface area contributed by atoms with Crippen molar-refractivity contribution in [2.45, 2.75) is 19.6 Å². The van der Waals surface area contributed by atoms with Gasteiger partial charge in [-0.2, -0.15) is 0 Å². The minimum atomic E-state index is -0.936. The van der Waals surface area contributed by atoms with Crippen LogP contribution in [0.2, 0.25) is 0 Å². The van der Waals surface area contributed by atoms with Gasteiger partial charge in [-0.05, 0) is 18.2 Å². The number of allylic oxidation sites excluding steroid dienone is 2. The molecule has 2 aromatic rings. The van der Waals surface area contributed by atoms with E-state index in [1.807, 2.05) is 0 Å². The van der Waals surface area contributed by atoms with Crippen molar-refractivity contribution in [3.05, 3.63) is 86.8 Å². The summed E-state index contributed by atoms with van der Waals surface area (Å²) in [5.74, 6) is -1.27. The lowest BCUT2D eigenvalue weighted by atomic mass is 10.3. The van der Waals surface area contributed by atoms with Crippen molar-refractivity contribution in [1.82, 2.24) is 13.7 Å². The van der Waals surface area contributed by atoms with Crippen LogP contribution in [0, 0.1) is 5.82 Å². The highest BCUT2D eigenvalue weighted by Crippen LogP contribution is 2.08. The Bertz CT molecular complexity index is 984. The number of hydrogen-bond donors (Lipinski definition) is 1. The Morgan fingerprint density at radius 1 is 1.00 bits per heavy atom. The molecule has 0 aliphatic heterocycles. The number of carbonyl (C=O) groups excluding carboxylic acids is 1. The maximum Gasteiger partial charge on any atom is 0.337 e. The number of anilines is 1. The largest absolute Gasteiger partial charge is 0.337 e. The van der Waals surface area contributed by atoms with Crippen LogP contribution in [-0.2, 0) is 24.4 Å². The lowest BCUT2D eigenvalue weighted by Gasteiger charge is -2.12. The van der Waals surface area contributed by atoms with Crippen LogP contribution in [0.3, 0.4) is 0 Å². The van der Waals surface area contributed by atoms with E-state index in [2.05, 4.69) is 18.5 Å². The summed E-state index contributed by atoms with van der Waals surface area (Å²) in [5, 5.41) is 2.39. The summed E-state index contributed by atoms with van der Waals surface area (Å²) in [7, 11) is 0. The monoisotopic (exact) mass is 360 g/mol. The first-order chi connectivity index (χ1) is 12.4. The van der Waals surface area contributed by atoms with E-state index in [9.17, 15) is 23.6 Å². The number of carbonyl (C=O) groups is 1. The molecule has 1 aromatic carbocycles. The third-order valence-electron chi connectivity index (χ3n) is 3.42. The predicted octanol–water partition coefficient (Wildman–Crippen LogP) is 0.321. The zero-order chi connectivity index (χ0) is 19.3. The minimum Gasteiger partial charge on any atom is -0.324 e. The van der Waals surface area contributed by atoms with Crippen LogP contribution in [0.25, 0.3) is 0 Å². The minimum absolute atomic E-state index is 0.124. The number of nitrogens with zero attached hydrogens (tertiary/aromatic N) is 3. The van der Waals surface area contributed by atoms with Crippen LogP contribution in [0.1, 0.15) is 0 Å². The third kappa shape index (κ3) is 3.94. The molecule has 1 amide bonds. The maximum absolute atomic E-state index is 13.2. The molecule has 0 unspecified atom stereocenters. The predicted molar refractivity (Wildman–Crippen MR) is 94.6 cm³/mol. The second kappa shape index (κ2) is 8.06. The van der Waals surface area contributed by atoms with Crippen LogP contribution in [0.4, 0.5) is 10.1 Å². The van der Waals surface area contributed by atoms with Gasteiger partial charge in [-0.15, -0.1) is 13.2 Å². The Labute approximate surface area is 147 Å². The van der Waals surface area contributed by atoms with Crippen molar-refractivity contribution in [1.29, 1.82) is 0 Å². The Balaban J connectivity index is 2.44. The Morgan fingerprint density at radius 2 is 1.54 bits per heavy atom. The molecule has 0 bridgehead atoms. The molecule has 0 radical (unpaired) electrons. The van der Waals surface area contributed by atoms with Crippen LogP contribution in [0.5, 0.6) is 0 Å². The molecular weight excluding hydrogens is 343 g/mol. The summed E-state index contributed by atoms with van der Waals surface area (Å²) < 4.78 is 15.4. The molecule has 26 heavy (non-hydrogen) atoms. The van der Waals surface area contributed by atoms with Crippen LogP contribution in [0.15, 0.2) is 64.0 Å². The lowest BCUT2D eigenvalue weighted by Crippen LogP contribution is -2.55. The molecule has 136 valence electrons. The number of amides is 1. The van der Waals surface area contributed by atoms with Gasteiger partial charge in [-0.1, -0.05) is 18.2 Å². The molecule has 0 atom stereocenters. The summed E-state index contributed by atoms with van der Waals surface area (Å²) in [6, 6.07) is 5.16. The normalized spacial score (nSPS) is 10.3. The molecule has 0 spiro atoms. The molecule has 2 rings (SSSR count). The summed E-state index contributed by atoms with van der Waals surface area (Å²) in [6.07, 6.45) is 2.64. The number of rotatable bonds is 7. The van der Waals surface area contributed by atoms with E-state index in [1.54, 1.807) is 0 Å². The second-order valence-electron chi connectivity index (χ2n) is 5.29. The SMILES string of the molecule is C=CCn1c(=O)n(CC=C)c(=O)n(CC(=O)Nc2cccc(F)c2)c1=O. The topological polar surface area (TPSA) is 95.1 Å².